The van der Waals surface area contributed by atoms with Crippen LogP contribution in [0.25, 0.3) is 27.4 Å². The number of hydrogen-bond donors (Lipinski definition) is 0. The summed E-state index contributed by atoms with van der Waals surface area (Å²) in [5, 5.41) is 1.95. The first-order chi connectivity index (χ1) is 9.24. The Labute approximate surface area is 116 Å². The summed E-state index contributed by atoms with van der Waals surface area (Å²) < 4.78 is 7.96. The van der Waals surface area contributed by atoms with Crippen LogP contribution in [0.5, 0.6) is 0 Å². The van der Waals surface area contributed by atoms with Crippen molar-refractivity contribution in [2.75, 3.05) is 0 Å². The fourth-order valence-electron chi connectivity index (χ4n) is 2.48. The Balaban J connectivity index is 2.39. The predicted molar refractivity (Wildman–Crippen MR) is 78.6 cm³/mol. The molecule has 0 aliphatic rings. The lowest BCUT2D eigenvalue weighted by atomic mass is 10.2. The van der Waals surface area contributed by atoms with Crippen LogP contribution in [0.15, 0.2) is 62.2 Å². The van der Waals surface area contributed by atoms with Crippen molar-refractivity contribution in [1.29, 1.82) is 0 Å². The van der Waals surface area contributed by atoms with Crippen LogP contribution >= 0.6 is 15.9 Å². The fraction of sp³-hybridized carbons (Fsp3) is 0. The van der Waals surface area contributed by atoms with Crippen LogP contribution in [0.1, 0.15) is 0 Å². The normalized spacial score (nSPS) is 11.6. The van der Waals surface area contributed by atoms with Crippen molar-refractivity contribution in [2.24, 2.45) is 0 Å². The second-order valence-electron chi connectivity index (χ2n) is 4.43. The van der Waals surface area contributed by atoms with E-state index < -0.39 is 0 Å². The zero-order valence-corrected chi connectivity index (χ0v) is 11.3. The van der Waals surface area contributed by atoms with Gasteiger partial charge in [0, 0.05) is 15.2 Å². The molecule has 0 radical (unpaired) electrons. The summed E-state index contributed by atoms with van der Waals surface area (Å²) in [4.78, 5) is 12.1. The molecule has 19 heavy (non-hydrogen) atoms. The molecule has 3 nitrogen and oxygen atoms in total. The van der Waals surface area contributed by atoms with E-state index in [1.165, 1.54) is 0 Å². The van der Waals surface area contributed by atoms with Crippen molar-refractivity contribution in [3.63, 3.8) is 0 Å². The highest BCUT2D eigenvalue weighted by Crippen LogP contribution is 2.27. The van der Waals surface area contributed by atoms with Gasteiger partial charge < -0.3 is 4.42 Å². The lowest BCUT2D eigenvalue weighted by Gasteiger charge is -2.01. The molecule has 0 saturated heterocycles. The summed E-state index contributed by atoms with van der Waals surface area (Å²) in [6.45, 7) is 0. The van der Waals surface area contributed by atoms with Gasteiger partial charge in [-0.2, -0.15) is 0 Å². The Morgan fingerprint density at radius 1 is 1.00 bits per heavy atom. The van der Waals surface area contributed by atoms with E-state index in [1.54, 1.807) is 10.5 Å². The van der Waals surface area contributed by atoms with Gasteiger partial charge >= 0.3 is 5.76 Å². The minimum Gasteiger partial charge on any atom is -0.409 e. The van der Waals surface area contributed by atoms with Crippen LogP contribution in [-0.2, 0) is 0 Å². The highest BCUT2D eigenvalue weighted by atomic mass is 79.9. The van der Waals surface area contributed by atoms with E-state index in [9.17, 15) is 4.79 Å². The van der Waals surface area contributed by atoms with E-state index in [-0.39, 0.29) is 5.76 Å². The van der Waals surface area contributed by atoms with Crippen LogP contribution in [0.3, 0.4) is 0 Å². The highest BCUT2D eigenvalue weighted by molar-refractivity contribution is 9.10. The SMILES string of the molecule is O=c1oc2ccc(Br)cc2c2cc3ccccc3n12. The average Bonchev–Trinajstić information content (AvgIpc) is 2.80. The molecule has 4 rings (SSSR count). The first-order valence-corrected chi connectivity index (χ1v) is 6.66. The summed E-state index contributed by atoms with van der Waals surface area (Å²) in [6.07, 6.45) is 0. The molecule has 2 heterocycles. The largest absolute Gasteiger partial charge is 0.424 e. The van der Waals surface area contributed by atoms with Crippen LogP contribution in [0.2, 0.25) is 0 Å². The summed E-state index contributed by atoms with van der Waals surface area (Å²) >= 11 is 3.45. The van der Waals surface area contributed by atoms with E-state index >= 15 is 0 Å². The molecule has 0 aliphatic heterocycles. The quantitative estimate of drug-likeness (QED) is 0.492. The van der Waals surface area contributed by atoms with Gasteiger partial charge in [-0.15, -0.1) is 0 Å². The molecule has 0 spiro atoms. The molecule has 0 aliphatic carbocycles. The molecule has 0 amide bonds. The monoisotopic (exact) mass is 313 g/mol. The first-order valence-electron chi connectivity index (χ1n) is 5.86. The molecule has 0 atom stereocenters. The van der Waals surface area contributed by atoms with Crippen LogP contribution in [0, 0.1) is 0 Å². The number of rotatable bonds is 0. The summed E-state index contributed by atoms with van der Waals surface area (Å²) in [6, 6.07) is 15.4. The molecule has 2 aromatic carbocycles. The Bertz CT molecular complexity index is 997. The van der Waals surface area contributed by atoms with Crippen molar-refractivity contribution in [3.05, 3.63) is 63.6 Å². The third kappa shape index (κ3) is 1.47. The summed E-state index contributed by atoms with van der Waals surface area (Å²) in [5.41, 5.74) is 2.34. The molecule has 2 aromatic heterocycles. The zero-order valence-electron chi connectivity index (χ0n) is 9.76. The molecule has 0 N–H and O–H groups in total. The molecule has 4 heteroatoms. The maximum atomic E-state index is 12.1. The van der Waals surface area contributed by atoms with Crippen LogP contribution < -0.4 is 5.76 Å². The maximum absolute atomic E-state index is 12.1. The lowest BCUT2D eigenvalue weighted by molar-refractivity contribution is 0.526. The molecular formula is C15H8BrNO2. The minimum atomic E-state index is -0.356. The van der Waals surface area contributed by atoms with Gasteiger partial charge in [0.1, 0.15) is 5.58 Å². The summed E-state index contributed by atoms with van der Waals surface area (Å²) in [5.74, 6) is -0.356. The number of aromatic nitrogens is 1. The Morgan fingerprint density at radius 2 is 1.84 bits per heavy atom. The van der Waals surface area contributed by atoms with Gasteiger partial charge in [0.2, 0.25) is 0 Å². The minimum absolute atomic E-state index is 0.356. The van der Waals surface area contributed by atoms with Gasteiger partial charge in [0.15, 0.2) is 0 Å². The number of hydrogen-bond acceptors (Lipinski definition) is 2. The molecule has 4 aromatic rings. The van der Waals surface area contributed by atoms with E-state index in [2.05, 4.69) is 15.9 Å². The molecule has 0 unspecified atom stereocenters. The maximum Gasteiger partial charge on any atom is 0.424 e. The molecule has 92 valence electrons. The van der Waals surface area contributed by atoms with Crippen molar-refractivity contribution in [3.8, 4) is 0 Å². The van der Waals surface area contributed by atoms with Gasteiger partial charge in [-0.3, -0.25) is 0 Å². The average molecular weight is 314 g/mol. The summed E-state index contributed by atoms with van der Waals surface area (Å²) in [7, 11) is 0. The number of fused-ring (bicyclic) bond motifs is 5. The Morgan fingerprint density at radius 3 is 2.74 bits per heavy atom. The van der Waals surface area contributed by atoms with Gasteiger partial charge in [-0.1, -0.05) is 34.1 Å². The number of benzene rings is 2. The third-order valence-electron chi connectivity index (χ3n) is 3.31. The topological polar surface area (TPSA) is 34.6 Å². The Kier molecular flexibility index (Phi) is 2.11. The van der Waals surface area contributed by atoms with Gasteiger partial charge in [-0.05, 0) is 30.3 Å². The molecule has 0 fully saturated rings. The first kappa shape index (κ1) is 10.8. The van der Waals surface area contributed by atoms with Gasteiger partial charge in [0.25, 0.3) is 0 Å². The van der Waals surface area contributed by atoms with Crippen molar-refractivity contribution >= 4 is 43.3 Å². The second-order valence-corrected chi connectivity index (χ2v) is 5.35. The van der Waals surface area contributed by atoms with E-state index in [1.807, 2.05) is 42.5 Å². The number of halogens is 1. The number of para-hydroxylation sites is 1. The van der Waals surface area contributed by atoms with Crippen molar-refractivity contribution < 1.29 is 4.42 Å². The predicted octanol–water partition coefficient (Wildman–Crippen LogP) is 3.96. The highest BCUT2D eigenvalue weighted by Gasteiger charge is 2.11. The van der Waals surface area contributed by atoms with Gasteiger partial charge in [0.05, 0.1) is 11.0 Å². The van der Waals surface area contributed by atoms with E-state index in [0.717, 1.165) is 26.3 Å². The van der Waals surface area contributed by atoms with Crippen molar-refractivity contribution in [2.45, 2.75) is 0 Å². The zero-order chi connectivity index (χ0) is 13.0. The smallest absolute Gasteiger partial charge is 0.409 e. The molecule has 0 saturated carbocycles. The van der Waals surface area contributed by atoms with Crippen molar-refractivity contribution in [1.82, 2.24) is 4.40 Å². The van der Waals surface area contributed by atoms with E-state index in [0.29, 0.717) is 5.58 Å². The molecule has 0 bridgehead atoms. The number of nitrogens with zero attached hydrogens (tertiary/aromatic N) is 1. The Hall–Kier alpha value is -2.07. The van der Waals surface area contributed by atoms with Crippen LogP contribution in [-0.4, -0.2) is 4.40 Å². The van der Waals surface area contributed by atoms with Gasteiger partial charge in [-0.25, -0.2) is 9.20 Å². The van der Waals surface area contributed by atoms with E-state index in [4.69, 9.17) is 4.42 Å². The molecular weight excluding hydrogens is 306 g/mol. The second kappa shape index (κ2) is 3.71. The third-order valence-corrected chi connectivity index (χ3v) is 3.80. The lowest BCUT2D eigenvalue weighted by Crippen LogP contribution is -2.10. The van der Waals surface area contributed by atoms with Crippen LogP contribution in [0.4, 0.5) is 0 Å². The standard InChI is InChI=1S/C15H8BrNO2/c16-10-5-6-14-11(8-10)13-7-9-3-1-2-4-12(9)17(13)15(18)19-14/h1-8H. The fourth-order valence-corrected chi connectivity index (χ4v) is 2.84.